The molecule has 17 heavy (non-hydrogen) atoms. The molecule has 5 heteroatoms. The highest BCUT2D eigenvalue weighted by Gasteiger charge is 2.16. The number of benzene rings is 1. The van der Waals surface area contributed by atoms with Gasteiger partial charge in [-0.25, -0.2) is 9.37 Å². The number of thiazole rings is 1. The lowest BCUT2D eigenvalue weighted by atomic mass is 10.1. The molecule has 2 aromatic rings. The van der Waals surface area contributed by atoms with Crippen molar-refractivity contribution in [1.29, 1.82) is 0 Å². The minimum atomic E-state index is -0.398. The summed E-state index contributed by atoms with van der Waals surface area (Å²) in [6, 6.07) is 4.73. The van der Waals surface area contributed by atoms with E-state index in [0.29, 0.717) is 0 Å². The van der Waals surface area contributed by atoms with Gasteiger partial charge in [0, 0.05) is 11.6 Å². The first-order valence-corrected chi connectivity index (χ1v) is 6.56. The highest BCUT2D eigenvalue weighted by atomic mass is 35.5. The van der Waals surface area contributed by atoms with Crippen molar-refractivity contribution in [3.05, 3.63) is 51.2 Å². The quantitative estimate of drug-likeness (QED) is 0.918. The second kappa shape index (κ2) is 5.58. The van der Waals surface area contributed by atoms with Crippen LogP contribution in [0.25, 0.3) is 0 Å². The van der Waals surface area contributed by atoms with Gasteiger partial charge in [0.25, 0.3) is 0 Å². The second-order valence-corrected chi connectivity index (χ2v) is 4.87. The lowest BCUT2D eigenvalue weighted by molar-refractivity contribution is 0.612. The van der Waals surface area contributed by atoms with E-state index < -0.39 is 5.82 Å². The molecular formula is C12H12ClFN2S. The van der Waals surface area contributed by atoms with Crippen LogP contribution in [0.2, 0.25) is 5.02 Å². The maximum atomic E-state index is 13.1. The molecule has 1 aromatic heterocycles. The van der Waals surface area contributed by atoms with Gasteiger partial charge in [-0.3, -0.25) is 0 Å². The predicted molar refractivity (Wildman–Crippen MR) is 69.0 cm³/mol. The first kappa shape index (κ1) is 12.5. The molecule has 0 radical (unpaired) electrons. The third-order valence-corrected chi connectivity index (χ3v) is 3.51. The number of nitrogens with zero attached hydrogens (tertiary/aromatic N) is 1. The van der Waals surface area contributed by atoms with Crippen molar-refractivity contribution in [1.82, 2.24) is 10.3 Å². The summed E-state index contributed by atoms with van der Waals surface area (Å²) in [5, 5.41) is 6.33. The lowest BCUT2D eigenvalue weighted by Crippen LogP contribution is -2.21. The van der Waals surface area contributed by atoms with Crippen LogP contribution >= 0.6 is 22.9 Å². The van der Waals surface area contributed by atoms with E-state index >= 15 is 0 Å². The molecular weight excluding hydrogens is 259 g/mol. The fourth-order valence-electron chi connectivity index (χ4n) is 1.62. The van der Waals surface area contributed by atoms with E-state index in [-0.39, 0.29) is 11.1 Å². The normalized spacial score (nSPS) is 12.6. The third kappa shape index (κ3) is 2.83. The molecule has 1 heterocycles. The zero-order valence-corrected chi connectivity index (χ0v) is 10.9. The minimum Gasteiger partial charge on any atom is -0.305 e. The Morgan fingerprint density at radius 1 is 1.53 bits per heavy atom. The molecule has 0 saturated heterocycles. The molecule has 0 bridgehead atoms. The van der Waals surface area contributed by atoms with Gasteiger partial charge in [-0.05, 0) is 24.2 Å². The summed E-state index contributed by atoms with van der Waals surface area (Å²) in [5.41, 5.74) is 0.924. The number of hydrogen-bond donors (Lipinski definition) is 1. The van der Waals surface area contributed by atoms with E-state index in [1.165, 1.54) is 6.07 Å². The number of rotatable bonds is 4. The summed E-state index contributed by atoms with van der Waals surface area (Å²) < 4.78 is 13.1. The Labute approximate surface area is 108 Å². The number of hydrogen-bond acceptors (Lipinski definition) is 3. The van der Waals surface area contributed by atoms with Crippen molar-refractivity contribution in [3.8, 4) is 0 Å². The van der Waals surface area contributed by atoms with Gasteiger partial charge in [-0.2, -0.15) is 0 Å². The van der Waals surface area contributed by atoms with Crippen LogP contribution in [0.3, 0.4) is 0 Å². The third-order valence-electron chi connectivity index (χ3n) is 2.38. The first-order valence-electron chi connectivity index (χ1n) is 5.30. The van der Waals surface area contributed by atoms with Gasteiger partial charge in [-0.15, -0.1) is 11.3 Å². The van der Waals surface area contributed by atoms with E-state index in [4.69, 9.17) is 11.6 Å². The van der Waals surface area contributed by atoms with Crippen LogP contribution in [-0.2, 0) is 0 Å². The molecule has 0 spiro atoms. The van der Waals surface area contributed by atoms with E-state index in [1.807, 2.05) is 12.3 Å². The molecule has 1 N–H and O–H groups in total. The maximum absolute atomic E-state index is 13.1. The van der Waals surface area contributed by atoms with Crippen molar-refractivity contribution in [2.24, 2.45) is 0 Å². The van der Waals surface area contributed by atoms with E-state index in [0.717, 1.165) is 17.1 Å². The monoisotopic (exact) mass is 270 g/mol. The topological polar surface area (TPSA) is 24.9 Å². The number of halogens is 2. The predicted octanol–water partition coefficient (Wildman–Crippen LogP) is 3.63. The van der Waals surface area contributed by atoms with Crippen LogP contribution in [0.1, 0.15) is 23.5 Å². The van der Waals surface area contributed by atoms with E-state index in [2.05, 4.69) is 10.3 Å². The molecule has 2 nitrogen and oxygen atoms in total. The highest BCUT2D eigenvalue weighted by Crippen LogP contribution is 2.26. The summed E-state index contributed by atoms with van der Waals surface area (Å²) in [4.78, 5) is 4.28. The zero-order chi connectivity index (χ0) is 12.3. The molecule has 1 aromatic carbocycles. The zero-order valence-electron chi connectivity index (χ0n) is 9.28. The molecule has 90 valence electrons. The molecule has 0 fully saturated rings. The Balaban J connectivity index is 2.35. The van der Waals surface area contributed by atoms with Crippen molar-refractivity contribution in [2.45, 2.75) is 13.0 Å². The standard InChI is InChI=1S/C12H12ClFN2S/c1-2-15-11(12-16-5-6-17-12)8-3-4-10(14)9(13)7-8/h3-7,11,15H,2H2,1H3. The fourth-order valence-corrected chi connectivity index (χ4v) is 2.55. The van der Waals surface area contributed by atoms with Crippen LogP contribution in [0.15, 0.2) is 29.8 Å². The highest BCUT2D eigenvalue weighted by molar-refractivity contribution is 7.09. The van der Waals surface area contributed by atoms with Crippen LogP contribution in [-0.4, -0.2) is 11.5 Å². The number of nitrogens with one attached hydrogen (secondary N) is 1. The van der Waals surface area contributed by atoms with E-state index in [1.54, 1.807) is 29.7 Å². The lowest BCUT2D eigenvalue weighted by Gasteiger charge is -2.16. The second-order valence-electron chi connectivity index (χ2n) is 3.53. The van der Waals surface area contributed by atoms with Crippen molar-refractivity contribution < 1.29 is 4.39 Å². The van der Waals surface area contributed by atoms with Gasteiger partial charge in [0.1, 0.15) is 10.8 Å². The summed E-state index contributed by atoms with van der Waals surface area (Å²) >= 11 is 7.37. The molecule has 0 saturated carbocycles. The van der Waals surface area contributed by atoms with Gasteiger partial charge in [0.15, 0.2) is 0 Å². The van der Waals surface area contributed by atoms with Gasteiger partial charge in [-0.1, -0.05) is 24.6 Å². The van der Waals surface area contributed by atoms with Gasteiger partial charge >= 0.3 is 0 Å². The first-order chi connectivity index (χ1) is 8.22. The smallest absolute Gasteiger partial charge is 0.141 e. The summed E-state index contributed by atoms with van der Waals surface area (Å²) in [6.07, 6.45) is 1.76. The average molecular weight is 271 g/mol. The number of aromatic nitrogens is 1. The maximum Gasteiger partial charge on any atom is 0.141 e. The Hall–Kier alpha value is -0.970. The SMILES string of the molecule is CCNC(c1ccc(F)c(Cl)c1)c1nccs1. The largest absolute Gasteiger partial charge is 0.305 e. The average Bonchev–Trinajstić information content (AvgIpc) is 2.83. The fraction of sp³-hybridized carbons (Fsp3) is 0.250. The van der Waals surface area contributed by atoms with Gasteiger partial charge in [0.05, 0.1) is 11.1 Å². The van der Waals surface area contributed by atoms with Crippen molar-refractivity contribution in [2.75, 3.05) is 6.54 Å². The summed E-state index contributed by atoms with van der Waals surface area (Å²) in [7, 11) is 0. The molecule has 0 amide bonds. The molecule has 2 rings (SSSR count). The molecule has 1 unspecified atom stereocenters. The molecule has 0 aliphatic carbocycles. The molecule has 1 atom stereocenters. The van der Waals surface area contributed by atoms with Gasteiger partial charge in [0.2, 0.25) is 0 Å². The Morgan fingerprint density at radius 3 is 2.94 bits per heavy atom. The molecule has 0 aliphatic heterocycles. The summed E-state index contributed by atoms with van der Waals surface area (Å²) in [5.74, 6) is -0.398. The van der Waals surface area contributed by atoms with E-state index in [9.17, 15) is 4.39 Å². The van der Waals surface area contributed by atoms with Crippen LogP contribution in [0.4, 0.5) is 4.39 Å². The Morgan fingerprint density at radius 2 is 2.35 bits per heavy atom. The van der Waals surface area contributed by atoms with Crippen LogP contribution in [0.5, 0.6) is 0 Å². The van der Waals surface area contributed by atoms with Gasteiger partial charge < -0.3 is 5.32 Å². The molecule has 0 aliphatic rings. The summed E-state index contributed by atoms with van der Waals surface area (Å²) in [6.45, 7) is 2.82. The van der Waals surface area contributed by atoms with Crippen LogP contribution < -0.4 is 5.32 Å². The van der Waals surface area contributed by atoms with Crippen molar-refractivity contribution >= 4 is 22.9 Å². The minimum absolute atomic E-state index is 0.0295. The Kier molecular flexibility index (Phi) is 4.10. The van der Waals surface area contributed by atoms with Crippen LogP contribution in [0, 0.1) is 5.82 Å². The Bertz CT molecular complexity index is 487. The van der Waals surface area contributed by atoms with Crippen molar-refractivity contribution in [3.63, 3.8) is 0 Å².